The topological polar surface area (TPSA) is 79.1 Å². The number of piperidine rings is 1. The SMILES string of the molecule is Cc1cccn2c(C3(NC(=O)C4[C@H]5CN(C(O)OC(C)(C)C)C[C@@H]45)CCC3)ncc12. The maximum Gasteiger partial charge on any atom is 0.224 e. The molecule has 3 heterocycles. The van der Waals surface area contributed by atoms with Gasteiger partial charge in [-0.25, -0.2) is 4.98 Å². The van der Waals surface area contributed by atoms with Crippen LogP contribution in [0.15, 0.2) is 24.5 Å². The van der Waals surface area contributed by atoms with Crippen molar-refractivity contribution in [3.05, 3.63) is 35.9 Å². The number of nitrogens with one attached hydrogen (secondary N) is 1. The van der Waals surface area contributed by atoms with Crippen molar-refractivity contribution in [3.63, 3.8) is 0 Å². The first kappa shape index (κ1) is 20.0. The highest BCUT2D eigenvalue weighted by Gasteiger charge is 2.61. The Labute approximate surface area is 177 Å². The van der Waals surface area contributed by atoms with Gasteiger partial charge in [-0.1, -0.05) is 6.07 Å². The molecular formula is C23H32N4O3. The third kappa shape index (κ3) is 3.24. The second kappa shape index (κ2) is 6.77. The summed E-state index contributed by atoms with van der Waals surface area (Å²) in [4.78, 5) is 19.8. The molecule has 2 saturated carbocycles. The van der Waals surface area contributed by atoms with Gasteiger partial charge < -0.3 is 19.6 Å². The quantitative estimate of drug-likeness (QED) is 0.738. The molecule has 5 rings (SSSR count). The van der Waals surface area contributed by atoms with Crippen LogP contribution in [0.5, 0.6) is 0 Å². The van der Waals surface area contributed by atoms with Crippen LogP contribution in [0.3, 0.4) is 0 Å². The third-order valence-corrected chi connectivity index (χ3v) is 7.08. The van der Waals surface area contributed by atoms with Crippen molar-refractivity contribution in [2.45, 2.75) is 64.5 Å². The van der Waals surface area contributed by atoms with Crippen LogP contribution in [-0.2, 0) is 15.1 Å². The van der Waals surface area contributed by atoms with Gasteiger partial charge in [-0.05, 0) is 70.4 Å². The summed E-state index contributed by atoms with van der Waals surface area (Å²) >= 11 is 0. The Morgan fingerprint density at radius 1 is 1.33 bits per heavy atom. The van der Waals surface area contributed by atoms with Crippen LogP contribution in [-0.4, -0.2) is 50.4 Å². The van der Waals surface area contributed by atoms with Gasteiger partial charge in [-0.3, -0.25) is 9.69 Å². The Balaban J connectivity index is 1.26. The van der Waals surface area contributed by atoms with E-state index in [1.807, 2.05) is 44.1 Å². The van der Waals surface area contributed by atoms with Crippen LogP contribution >= 0.6 is 0 Å². The lowest BCUT2D eigenvalue weighted by atomic mass is 9.75. The molecule has 0 bridgehead atoms. The number of likely N-dealkylation sites (tertiary alicyclic amines) is 1. The number of ether oxygens (including phenoxy) is 1. The number of carbonyl (C=O) groups is 1. The van der Waals surface area contributed by atoms with Gasteiger partial charge in [-0.15, -0.1) is 0 Å². The average molecular weight is 413 g/mol. The normalized spacial score (nSPS) is 28.8. The van der Waals surface area contributed by atoms with E-state index >= 15 is 0 Å². The first-order chi connectivity index (χ1) is 14.2. The monoisotopic (exact) mass is 412 g/mol. The van der Waals surface area contributed by atoms with Crippen LogP contribution < -0.4 is 5.32 Å². The fourth-order valence-corrected chi connectivity index (χ4v) is 5.29. The van der Waals surface area contributed by atoms with Crippen molar-refractivity contribution < 1.29 is 14.6 Å². The average Bonchev–Trinajstić information content (AvgIpc) is 2.98. The van der Waals surface area contributed by atoms with Gasteiger partial charge in [0.25, 0.3) is 0 Å². The van der Waals surface area contributed by atoms with Crippen LogP contribution in [0.4, 0.5) is 0 Å². The number of pyridine rings is 1. The molecule has 2 aromatic rings. The molecule has 2 aliphatic carbocycles. The smallest absolute Gasteiger partial charge is 0.224 e. The lowest BCUT2D eigenvalue weighted by molar-refractivity contribution is -0.236. The minimum atomic E-state index is -0.904. The van der Waals surface area contributed by atoms with E-state index in [1.165, 1.54) is 5.56 Å². The molecule has 0 spiro atoms. The van der Waals surface area contributed by atoms with Crippen LogP contribution in [0.2, 0.25) is 0 Å². The van der Waals surface area contributed by atoms with Crippen LogP contribution in [0.25, 0.3) is 5.52 Å². The summed E-state index contributed by atoms with van der Waals surface area (Å²) in [6.07, 6.45) is 6.01. The lowest BCUT2D eigenvalue weighted by Gasteiger charge is -2.41. The summed E-state index contributed by atoms with van der Waals surface area (Å²) in [5.41, 5.74) is 1.53. The minimum absolute atomic E-state index is 0.0357. The van der Waals surface area contributed by atoms with Crippen LogP contribution in [0, 0.1) is 24.7 Å². The van der Waals surface area contributed by atoms with Gasteiger partial charge in [0.2, 0.25) is 12.3 Å². The van der Waals surface area contributed by atoms with E-state index in [1.54, 1.807) is 0 Å². The molecule has 0 aromatic carbocycles. The predicted octanol–water partition coefficient (Wildman–Crippen LogP) is 2.41. The van der Waals surface area contributed by atoms with Crippen molar-refractivity contribution in [1.82, 2.24) is 19.6 Å². The Kier molecular flexibility index (Phi) is 4.51. The van der Waals surface area contributed by atoms with Crippen molar-refractivity contribution in [2.75, 3.05) is 13.1 Å². The molecule has 1 amide bonds. The molecular weight excluding hydrogens is 380 g/mol. The number of hydrogen-bond acceptors (Lipinski definition) is 5. The van der Waals surface area contributed by atoms with E-state index in [0.717, 1.165) is 30.6 Å². The number of amides is 1. The van der Waals surface area contributed by atoms with Gasteiger partial charge in [0.05, 0.1) is 22.9 Å². The second-order valence-corrected chi connectivity index (χ2v) is 10.3. The highest BCUT2D eigenvalue weighted by molar-refractivity contribution is 5.83. The maximum absolute atomic E-state index is 13.2. The number of imidazole rings is 1. The highest BCUT2D eigenvalue weighted by Crippen LogP contribution is 2.53. The molecule has 162 valence electrons. The predicted molar refractivity (Wildman–Crippen MR) is 112 cm³/mol. The zero-order valence-corrected chi connectivity index (χ0v) is 18.3. The Bertz CT molecular complexity index is 962. The first-order valence-electron chi connectivity index (χ1n) is 11.0. The van der Waals surface area contributed by atoms with Gasteiger partial charge >= 0.3 is 0 Å². The Hall–Kier alpha value is -1.96. The zero-order chi connectivity index (χ0) is 21.3. The van der Waals surface area contributed by atoms with E-state index in [9.17, 15) is 9.90 Å². The van der Waals surface area contributed by atoms with Gasteiger partial charge in [0.15, 0.2) is 0 Å². The number of aryl methyl sites for hydroxylation is 1. The molecule has 1 aliphatic heterocycles. The molecule has 7 nitrogen and oxygen atoms in total. The first-order valence-corrected chi connectivity index (χ1v) is 11.0. The molecule has 0 radical (unpaired) electrons. The number of aromatic nitrogens is 2. The number of hydrogen-bond donors (Lipinski definition) is 2. The number of nitrogens with zero attached hydrogens (tertiary/aromatic N) is 3. The molecule has 3 fully saturated rings. The van der Waals surface area contributed by atoms with Crippen molar-refractivity contribution in [2.24, 2.45) is 17.8 Å². The number of aliphatic hydroxyl groups excluding tert-OH is 1. The zero-order valence-electron chi connectivity index (χ0n) is 18.3. The Morgan fingerprint density at radius 2 is 2.03 bits per heavy atom. The molecule has 1 saturated heterocycles. The summed E-state index contributed by atoms with van der Waals surface area (Å²) in [6, 6.07) is 4.12. The number of rotatable bonds is 5. The molecule has 30 heavy (non-hydrogen) atoms. The van der Waals surface area contributed by atoms with Gasteiger partial charge in [0.1, 0.15) is 5.82 Å². The van der Waals surface area contributed by atoms with E-state index in [0.29, 0.717) is 24.9 Å². The minimum Gasteiger partial charge on any atom is -0.356 e. The van der Waals surface area contributed by atoms with E-state index < -0.39 is 12.0 Å². The summed E-state index contributed by atoms with van der Waals surface area (Å²) in [7, 11) is 0. The molecule has 7 heteroatoms. The molecule has 2 aromatic heterocycles. The number of carbonyl (C=O) groups excluding carboxylic acids is 1. The fourth-order valence-electron chi connectivity index (χ4n) is 5.29. The van der Waals surface area contributed by atoms with E-state index in [4.69, 9.17) is 9.72 Å². The summed E-state index contributed by atoms with van der Waals surface area (Å²) in [5.74, 6) is 1.73. The summed E-state index contributed by atoms with van der Waals surface area (Å²) in [6.45, 7) is 9.30. The second-order valence-electron chi connectivity index (χ2n) is 10.3. The summed E-state index contributed by atoms with van der Waals surface area (Å²) in [5, 5.41) is 13.7. The van der Waals surface area contributed by atoms with Crippen LogP contribution in [0.1, 0.15) is 51.4 Å². The lowest BCUT2D eigenvalue weighted by Crippen LogP contribution is -2.53. The third-order valence-electron chi connectivity index (χ3n) is 7.08. The van der Waals surface area contributed by atoms with E-state index in [-0.39, 0.29) is 17.4 Å². The number of fused-ring (bicyclic) bond motifs is 2. The Morgan fingerprint density at radius 3 is 2.63 bits per heavy atom. The standard InChI is InChI=1S/C23H32N4O3/c1-14-7-5-10-27-17(14)11-24-20(27)23(8-6-9-23)25-19(28)18-15-12-26(13-16(15)18)21(29)30-22(2,3)4/h5,7,10-11,15-16,18,21,29H,6,8-9,12-13H2,1-4H3,(H,25,28)/t15-,16+,18?,21?. The van der Waals surface area contributed by atoms with E-state index in [2.05, 4.69) is 22.7 Å². The van der Waals surface area contributed by atoms with Crippen molar-refractivity contribution >= 4 is 11.4 Å². The van der Waals surface area contributed by atoms with Gasteiger partial charge in [0, 0.05) is 25.2 Å². The molecule has 3 aliphatic rings. The van der Waals surface area contributed by atoms with Gasteiger partial charge in [-0.2, -0.15) is 0 Å². The van der Waals surface area contributed by atoms with Crippen molar-refractivity contribution in [1.29, 1.82) is 0 Å². The largest absolute Gasteiger partial charge is 0.356 e. The summed E-state index contributed by atoms with van der Waals surface area (Å²) < 4.78 is 7.79. The number of aliphatic hydroxyl groups is 1. The maximum atomic E-state index is 13.2. The van der Waals surface area contributed by atoms with Crippen molar-refractivity contribution in [3.8, 4) is 0 Å². The molecule has 2 unspecified atom stereocenters. The fraction of sp³-hybridized carbons (Fsp3) is 0.652. The highest BCUT2D eigenvalue weighted by atomic mass is 16.6. The molecule has 4 atom stereocenters. The molecule has 2 N–H and O–H groups in total.